The van der Waals surface area contributed by atoms with Crippen LogP contribution in [0.3, 0.4) is 0 Å². The largest absolute Gasteiger partial charge is 0.327 e. The molecule has 1 fully saturated rings. The van der Waals surface area contributed by atoms with Crippen molar-refractivity contribution in [2.75, 3.05) is 13.1 Å². The van der Waals surface area contributed by atoms with Crippen LogP contribution in [0.15, 0.2) is 0 Å². The fourth-order valence-electron chi connectivity index (χ4n) is 2.96. The van der Waals surface area contributed by atoms with Gasteiger partial charge in [-0.1, -0.05) is 46.0 Å². The van der Waals surface area contributed by atoms with E-state index in [0.29, 0.717) is 6.04 Å². The van der Waals surface area contributed by atoms with Gasteiger partial charge in [0.15, 0.2) is 0 Å². The zero-order valence-electron chi connectivity index (χ0n) is 12.1. The number of unbranched alkanes of at least 4 members (excludes halogenated alkanes) is 3. The van der Waals surface area contributed by atoms with E-state index in [4.69, 9.17) is 5.73 Å². The quantitative estimate of drug-likeness (QED) is 0.691. The SMILES string of the molecule is CCCCCCC(C)N1CCC(N)C(CC)C1. The summed E-state index contributed by atoms with van der Waals surface area (Å²) in [5, 5.41) is 0. The van der Waals surface area contributed by atoms with E-state index in [2.05, 4.69) is 25.7 Å². The van der Waals surface area contributed by atoms with Crippen LogP contribution in [0.25, 0.3) is 0 Å². The molecule has 1 rings (SSSR count). The summed E-state index contributed by atoms with van der Waals surface area (Å²) in [7, 11) is 0. The molecule has 102 valence electrons. The van der Waals surface area contributed by atoms with E-state index < -0.39 is 0 Å². The van der Waals surface area contributed by atoms with Gasteiger partial charge in [0.05, 0.1) is 0 Å². The molecular weight excluding hydrogens is 208 g/mol. The predicted octanol–water partition coefficient (Wildman–Crippen LogP) is 3.40. The Morgan fingerprint density at radius 3 is 2.65 bits per heavy atom. The van der Waals surface area contributed by atoms with E-state index in [9.17, 15) is 0 Å². The van der Waals surface area contributed by atoms with Gasteiger partial charge in [-0.25, -0.2) is 0 Å². The zero-order chi connectivity index (χ0) is 12.7. The molecule has 3 unspecified atom stereocenters. The molecule has 2 nitrogen and oxygen atoms in total. The van der Waals surface area contributed by atoms with Crippen LogP contribution in [0.1, 0.15) is 65.7 Å². The van der Waals surface area contributed by atoms with Crippen LogP contribution in [0.2, 0.25) is 0 Å². The lowest BCUT2D eigenvalue weighted by Gasteiger charge is -2.40. The Bertz CT molecular complexity index is 193. The fraction of sp³-hybridized carbons (Fsp3) is 1.00. The second-order valence-corrected chi connectivity index (χ2v) is 5.81. The molecular formula is C15H32N2. The third kappa shape index (κ3) is 4.97. The van der Waals surface area contributed by atoms with Gasteiger partial charge in [0.2, 0.25) is 0 Å². The standard InChI is InChI=1S/C15H32N2/c1-4-6-7-8-9-13(3)17-11-10-15(16)14(5-2)12-17/h13-15H,4-12,16H2,1-3H3. The third-order valence-electron chi connectivity index (χ3n) is 4.45. The van der Waals surface area contributed by atoms with E-state index >= 15 is 0 Å². The Kier molecular flexibility index (Phi) is 7.14. The van der Waals surface area contributed by atoms with Gasteiger partial charge in [-0.2, -0.15) is 0 Å². The van der Waals surface area contributed by atoms with Crippen molar-refractivity contribution in [3.63, 3.8) is 0 Å². The van der Waals surface area contributed by atoms with Crippen LogP contribution in [0.5, 0.6) is 0 Å². The van der Waals surface area contributed by atoms with Gasteiger partial charge in [0.1, 0.15) is 0 Å². The monoisotopic (exact) mass is 240 g/mol. The van der Waals surface area contributed by atoms with Gasteiger partial charge in [0, 0.05) is 18.6 Å². The van der Waals surface area contributed by atoms with E-state index in [1.165, 1.54) is 58.0 Å². The van der Waals surface area contributed by atoms with Crippen LogP contribution >= 0.6 is 0 Å². The highest BCUT2D eigenvalue weighted by Gasteiger charge is 2.27. The number of nitrogens with zero attached hydrogens (tertiary/aromatic N) is 1. The lowest BCUT2D eigenvalue weighted by Crippen LogP contribution is -2.49. The van der Waals surface area contributed by atoms with E-state index in [1.807, 2.05) is 0 Å². The van der Waals surface area contributed by atoms with Gasteiger partial charge in [0.25, 0.3) is 0 Å². The van der Waals surface area contributed by atoms with Crippen molar-refractivity contribution < 1.29 is 0 Å². The first kappa shape index (κ1) is 15.0. The summed E-state index contributed by atoms with van der Waals surface area (Å²) in [6.07, 6.45) is 9.34. The number of hydrogen-bond acceptors (Lipinski definition) is 2. The lowest BCUT2D eigenvalue weighted by atomic mass is 9.89. The lowest BCUT2D eigenvalue weighted by molar-refractivity contribution is 0.108. The molecule has 2 N–H and O–H groups in total. The molecule has 0 bridgehead atoms. The predicted molar refractivity (Wildman–Crippen MR) is 76.2 cm³/mol. The van der Waals surface area contributed by atoms with Crippen LogP contribution in [0, 0.1) is 5.92 Å². The minimum absolute atomic E-state index is 0.448. The van der Waals surface area contributed by atoms with Crippen LogP contribution in [-0.4, -0.2) is 30.1 Å². The van der Waals surface area contributed by atoms with Gasteiger partial charge in [-0.3, -0.25) is 0 Å². The molecule has 2 heteroatoms. The number of nitrogens with two attached hydrogens (primary N) is 1. The van der Waals surface area contributed by atoms with Crippen LogP contribution in [-0.2, 0) is 0 Å². The van der Waals surface area contributed by atoms with E-state index in [1.54, 1.807) is 0 Å². The maximum absolute atomic E-state index is 6.16. The highest BCUT2D eigenvalue weighted by molar-refractivity contribution is 4.84. The molecule has 1 aliphatic rings. The Balaban J connectivity index is 2.24. The van der Waals surface area contributed by atoms with Gasteiger partial charge < -0.3 is 10.6 Å². The summed E-state index contributed by atoms with van der Waals surface area (Å²) >= 11 is 0. The van der Waals surface area contributed by atoms with Crippen molar-refractivity contribution in [2.45, 2.75) is 77.8 Å². The Morgan fingerprint density at radius 2 is 2.00 bits per heavy atom. The molecule has 1 heterocycles. The maximum atomic E-state index is 6.16. The Morgan fingerprint density at radius 1 is 1.24 bits per heavy atom. The van der Waals surface area contributed by atoms with Crippen molar-refractivity contribution in [1.82, 2.24) is 4.90 Å². The number of rotatable bonds is 7. The van der Waals surface area contributed by atoms with Gasteiger partial charge >= 0.3 is 0 Å². The maximum Gasteiger partial charge on any atom is 0.00914 e. The Labute approximate surface area is 108 Å². The average molecular weight is 240 g/mol. The number of hydrogen-bond donors (Lipinski definition) is 1. The molecule has 0 amide bonds. The number of piperidine rings is 1. The van der Waals surface area contributed by atoms with E-state index in [-0.39, 0.29) is 0 Å². The third-order valence-corrected chi connectivity index (χ3v) is 4.45. The zero-order valence-corrected chi connectivity index (χ0v) is 12.1. The first-order valence-electron chi connectivity index (χ1n) is 7.68. The fourth-order valence-corrected chi connectivity index (χ4v) is 2.96. The van der Waals surface area contributed by atoms with Crippen molar-refractivity contribution in [2.24, 2.45) is 11.7 Å². The van der Waals surface area contributed by atoms with Crippen LogP contribution in [0.4, 0.5) is 0 Å². The second kappa shape index (κ2) is 8.10. The normalized spacial score (nSPS) is 28.2. The molecule has 17 heavy (non-hydrogen) atoms. The molecule has 0 aromatic rings. The summed E-state index contributed by atoms with van der Waals surface area (Å²) in [4.78, 5) is 2.67. The molecule has 3 atom stereocenters. The Hall–Kier alpha value is -0.0800. The molecule has 0 aromatic carbocycles. The average Bonchev–Trinajstić information content (AvgIpc) is 2.35. The van der Waals surface area contributed by atoms with Crippen LogP contribution < -0.4 is 5.73 Å². The highest BCUT2D eigenvalue weighted by Crippen LogP contribution is 2.22. The van der Waals surface area contributed by atoms with Gasteiger partial charge in [-0.05, 0) is 32.2 Å². The minimum atomic E-state index is 0.448. The topological polar surface area (TPSA) is 29.3 Å². The molecule has 0 saturated carbocycles. The summed E-state index contributed by atoms with van der Waals surface area (Å²) in [5.74, 6) is 0.724. The molecule has 0 aromatic heterocycles. The minimum Gasteiger partial charge on any atom is -0.327 e. The summed E-state index contributed by atoms with van der Waals surface area (Å²) in [5.41, 5.74) is 6.16. The summed E-state index contributed by atoms with van der Waals surface area (Å²) in [6, 6.07) is 1.21. The first-order valence-corrected chi connectivity index (χ1v) is 7.68. The number of likely N-dealkylation sites (tertiary alicyclic amines) is 1. The van der Waals surface area contributed by atoms with Crippen molar-refractivity contribution in [1.29, 1.82) is 0 Å². The molecule has 0 spiro atoms. The summed E-state index contributed by atoms with van der Waals surface area (Å²) in [6.45, 7) is 9.40. The second-order valence-electron chi connectivity index (χ2n) is 5.81. The molecule has 0 radical (unpaired) electrons. The van der Waals surface area contributed by atoms with E-state index in [0.717, 1.165) is 12.0 Å². The van der Waals surface area contributed by atoms with Crippen molar-refractivity contribution in [3.05, 3.63) is 0 Å². The van der Waals surface area contributed by atoms with Gasteiger partial charge in [-0.15, -0.1) is 0 Å². The van der Waals surface area contributed by atoms with Crippen molar-refractivity contribution >= 4 is 0 Å². The highest BCUT2D eigenvalue weighted by atomic mass is 15.2. The van der Waals surface area contributed by atoms with Crippen molar-refractivity contribution in [3.8, 4) is 0 Å². The molecule has 0 aliphatic carbocycles. The molecule has 1 aliphatic heterocycles. The smallest absolute Gasteiger partial charge is 0.00914 e. The first-order chi connectivity index (χ1) is 8.19. The molecule has 1 saturated heterocycles. The summed E-state index contributed by atoms with van der Waals surface area (Å²) < 4.78 is 0.